The molecule has 0 aromatic carbocycles. The number of allylic oxidation sites excluding steroid dienone is 2. The van der Waals surface area contributed by atoms with Crippen LogP contribution in [0.1, 0.15) is 0 Å². The van der Waals surface area contributed by atoms with E-state index in [4.69, 9.17) is 22.0 Å². The fraction of sp³-hybridized carbons (Fsp3) is 0.250. The third-order valence-electron chi connectivity index (χ3n) is 1.87. The predicted octanol–water partition coefficient (Wildman–Crippen LogP) is -0.240. The quantitative estimate of drug-likeness (QED) is 0.510. The Kier molecular flexibility index (Phi) is 1.86. The lowest BCUT2D eigenvalue weighted by atomic mass is 9.81. The summed E-state index contributed by atoms with van der Waals surface area (Å²) in [5.74, 6) is -0.660. The Morgan fingerprint density at radius 1 is 1.50 bits per heavy atom. The van der Waals surface area contributed by atoms with Crippen LogP contribution in [0.15, 0.2) is 23.9 Å². The molecule has 0 saturated carbocycles. The van der Waals surface area contributed by atoms with Crippen molar-refractivity contribution in [3.05, 3.63) is 23.9 Å². The second-order valence-corrected chi connectivity index (χ2v) is 2.59. The number of nitrogens with zero attached hydrogens (tertiary/aromatic N) is 2. The van der Waals surface area contributed by atoms with Crippen LogP contribution in [-0.2, 0) is 0 Å². The Hall–Kier alpha value is -1.78. The Labute approximate surface area is 70.4 Å². The van der Waals surface area contributed by atoms with Crippen molar-refractivity contribution in [2.75, 3.05) is 0 Å². The normalized spacial score (nSPS) is 33.2. The number of hydrogen-bond acceptors (Lipinski definition) is 4. The molecule has 0 saturated heterocycles. The van der Waals surface area contributed by atoms with Gasteiger partial charge in [0, 0.05) is 5.70 Å². The van der Waals surface area contributed by atoms with Crippen LogP contribution in [0.3, 0.4) is 0 Å². The summed E-state index contributed by atoms with van der Waals surface area (Å²) in [4.78, 5) is 0. The molecule has 12 heavy (non-hydrogen) atoms. The third-order valence-corrected chi connectivity index (χ3v) is 1.87. The lowest BCUT2D eigenvalue weighted by Gasteiger charge is -2.26. The van der Waals surface area contributed by atoms with Gasteiger partial charge in [0.1, 0.15) is 5.92 Å². The minimum atomic E-state index is -1.36. The Morgan fingerprint density at radius 3 is 2.58 bits per heavy atom. The lowest BCUT2D eigenvalue weighted by molar-refractivity contribution is 0.535. The summed E-state index contributed by atoms with van der Waals surface area (Å²) >= 11 is 0. The molecule has 1 aliphatic carbocycles. The van der Waals surface area contributed by atoms with Gasteiger partial charge < -0.3 is 11.5 Å². The van der Waals surface area contributed by atoms with E-state index in [1.54, 1.807) is 12.2 Å². The monoisotopic (exact) mass is 160 g/mol. The van der Waals surface area contributed by atoms with Crippen LogP contribution in [0, 0.1) is 28.6 Å². The maximum absolute atomic E-state index is 8.74. The van der Waals surface area contributed by atoms with Gasteiger partial charge in [-0.3, -0.25) is 0 Å². The first-order valence-electron chi connectivity index (χ1n) is 3.39. The van der Waals surface area contributed by atoms with Gasteiger partial charge >= 0.3 is 0 Å². The van der Waals surface area contributed by atoms with Gasteiger partial charge in [0.25, 0.3) is 0 Å². The molecule has 4 nitrogen and oxygen atoms in total. The molecule has 0 aromatic heterocycles. The molecule has 2 atom stereocenters. The van der Waals surface area contributed by atoms with Gasteiger partial charge in [-0.25, -0.2) is 0 Å². The summed E-state index contributed by atoms with van der Waals surface area (Å²) in [5.41, 5.74) is 10.0. The maximum atomic E-state index is 8.74. The van der Waals surface area contributed by atoms with E-state index in [0.29, 0.717) is 0 Å². The van der Waals surface area contributed by atoms with Crippen LogP contribution >= 0.6 is 0 Å². The zero-order valence-electron chi connectivity index (χ0n) is 6.36. The number of nitrogens with two attached hydrogens (primary N) is 2. The lowest BCUT2D eigenvalue weighted by Crippen LogP contribution is -2.50. The van der Waals surface area contributed by atoms with Crippen molar-refractivity contribution in [2.45, 2.75) is 5.54 Å². The highest BCUT2D eigenvalue weighted by molar-refractivity contribution is 5.40. The van der Waals surface area contributed by atoms with Gasteiger partial charge in [-0.05, 0) is 6.08 Å². The molecular formula is C8H8N4. The van der Waals surface area contributed by atoms with E-state index in [2.05, 4.69) is 0 Å². The molecule has 1 rings (SSSR count). The van der Waals surface area contributed by atoms with Gasteiger partial charge in [0.15, 0.2) is 5.54 Å². The minimum Gasteiger partial charge on any atom is -0.400 e. The van der Waals surface area contributed by atoms with Crippen molar-refractivity contribution < 1.29 is 0 Å². The smallest absolute Gasteiger partial charge is 0.163 e. The zero-order valence-corrected chi connectivity index (χ0v) is 6.36. The highest BCUT2D eigenvalue weighted by Crippen LogP contribution is 2.24. The highest BCUT2D eigenvalue weighted by Gasteiger charge is 2.38. The van der Waals surface area contributed by atoms with E-state index in [1.807, 2.05) is 12.1 Å². The van der Waals surface area contributed by atoms with Crippen molar-refractivity contribution in [3.63, 3.8) is 0 Å². The summed E-state index contributed by atoms with van der Waals surface area (Å²) in [7, 11) is 0. The Bertz CT molecular complexity index is 328. The Balaban J connectivity index is 3.15. The summed E-state index contributed by atoms with van der Waals surface area (Å²) in [5, 5.41) is 17.4. The molecule has 0 bridgehead atoms. The fourth-order valence-electron chi connectivity index (χ4n) is 1.02. The molecule has 60 valence electrons. The first kappa shape index (κ1) is 8.32. The number of nitriles is 2. The molecule has 1 aliphatic rings. The summed E-state index contributed by atoms with van der Waals surface area (Å²) in [6.45, 7) is 0. The molecule has 4 heteroatoms. The van der Waals surface area contributed by atoms with E-state index in [0.717, 1.165) is 0 Å². The average molecular weight is 160 g/mol. The van der Waals surface area contributed by atoms with Crippen molar-refractivity contribution in [1.82, 2.24) is 0 Å². The highest BCUT2D eigenvalue weighted by atomic mass is 14.8. The van der Waals surface area contributed by atoms with E-state index < -0.39 is 11.5 Å². The van der Waals surface area contributed by atoms with Crippen LogP contribution in [0.5, 0.6) is 0 Å². The summed E-state index contributed by atoms with van der Waals surface area (Å²) < 4.78 is 0. The van der Waals surface area contributed by atoms with Gasteiger partial charge in [0.2, 0.25) is 0 Å². The van der Waals surface area contributed by atoms with E-state index in [-0.39, 0.29) is 5.70 Å². The van der Waals surface area contributed by atoms with Gasteiger partial charge in [-0.2, -0.15) is 10.5 Å². The Morgan fingerprint density at radius 2 is 2.17 bits per heavy atom. The summed E-state index contributed by atoms with van der Waals surface area (Å²) in [6, 6.07) is 3.76. The minimum absolute atomic E-state index is 0.235. The molecule has 2 unspecified atom stereocenters. The van der Waals surface area contributed by atoms with Crippen LogP contribution in [0.2, 0.25) is 0 Å². The van der Waals surface area contributed by atoms with Crippen LogP contribution < -0.4 is 11.5 Å². The molecule has 0 heterocycles. The van der Waals surface area contributed by atoms with Crippen LogP contribution in [0.25, 0.3) is 0 Å². The molecular weight excluding hydrogens is 152 g/mol. The van der Waals surface area contributed by atoms with Crippen LogP contribution in [0.4, 0.5) is 0 Å². The molecule has 0 spiro atoms. The molecule has 0 radical (unpaired) electrons. The molecule has 4 N–H and O–H groups in total. The third kappa shape index (κ3) is 0.952. The van der Waals surface area contributed by atoms with Gasteiger partial charge in [-0.1, -0.05) is 12.2 Å². The van der Waals surface area contributed by atoms with Gasteiger partial charge in [0.05, 0.1) is 12.1 Å². The van der Waals surface area contributed by atoms with E-state index >= 15 is 0 Å². The SMILES string of the molecule is N#CC1C=CC=C(N)C1(N)C#N. The molecule has 0 aliphatic heterocycles. The fourth-order valence-corrected chi connectivity index (χ4v) is 1.02. The largest absolute Gasteiger partial charge is 0.400 e. The average Bonchev–Trinajstić information content (AvgIpc) is 2.10. The van der Waals surface area contributed by atoms with Gasteiger partial charge in [-0.15, -0.1) is 0 Å². The standard InChI is InChI=1S/C8H8N4/c9-4-6-2-1-3-7(11)8(6,12)5-10/h1-3,6H,11-12H2. The molecule has 0 amide bonds. The van der Waals surface area contributed by atoms with Crippen molar-refractivity contribution >= 4 is 0 Å². The second kappa shape index (κ2) is 2.69. The molecule has 0 fully saturated rings. The van der Waals surface area contributed by atoms with E-state index in [1.165, 1.54) is 6.08 Å². The van der Waals surface area contributed by atoms with Crippen molar-refractivity contribution in [2.24, 2.45) is 17.4 Å². The topological polar surface area (TPSA) is 99.6 Å². The maximum Gasteiger partial charge on any atom is 0.163 e. The number of hydrogen-bond donors (Lipinski definition) is 2. The van der Waals surface area contributed by atoms with Crippen molar-refractivity contribution in [1.29, 1.82) is 10.5 Å². The van der Waals surface area contributed by atoms with E-state index in [9.17, 15) is 0 Å². The zero-order chi connectivity index (χ0) is 9.19. The number of rotatable bonds is 0. The summed E-state index contributed by atoms with van der Waals surface area (Å²) in [6.07, 6.45) is 4.74. The predicted molar refractivity (Wildman–Crippen MR) is 43.0 cm³/mol. The van der Waals surface area contributed by atoms with Crippen molar-refractivity contribution in [3.8, 4) is 12.1 Å². The second-order valence-electron chi connectivity index (χ2n) is 2.59. The first-order chi connectivity index (χ1) is 5.65. The molecule has 0 aromatic rings. The first-order valence-corrected chi connectivity index (χ1v) is 3.39. The van der Waals surface area contributed by atoms with Crippen LogP contribution in [-0.4, -0.2) is 5.54 Å².